The van der Waals surface area contributed by atoms with Crippen LogP contribution in [0.4, 0.5) is 9.59 Å². The number of H-pyrrole nitrogens is 2. The second kappa shape index (κ2) is 15.2. The Morgan fingerprint density at radius 1 is 0.673 bits per heavy atom. The van der Waals surface area contributed by atoms with E-state index in [1.165, 1.54) is 24.0 Å². The van der Waals surface area contributed by atoms with Gasteiger partial charge in [-0.15, -0.1) is 0 Å². The summed E-state index contributed by atoms with van der Waals surface area (Å²) in [6.45, 7) is 3.39. The van der Waals surface area contributed by atoms with E-state index in [1.54, 1.807) is 26.2 Å². The van der Waals surface area contributed by atoms with E-state index in [-0.39, 0.29) is 24.9 Å². The number of aromatic amines is 2. The second-order valence-electron chi connectivity index (χ2n) is 13.0. The summed E-state index contributed by atoms with van der Waals surface area (Å²) in [5.41, 5.74) is 5.28. The Bertz CT molecular complexity index is 1770. The van der Waals surface area contributed by atoms with Crippen molar-refractivity contribution in [1.82, 2.24) is 40.4 Å². The van der Waals surface area contributed by atoms with E-state index in [9.17, 15) is 29.4 Å². The van der Waals surface area contributed by atoms with Crippen LogP contribution < -0.4 is 10.6 Å². The van der Waals surface area contributed by atoms with Gasteiger partial charge in [0.25, 0.3) is 0 Å². The molecule has 1 unspecified atom stereocenters. The molecule has 6 atom stereocenters. The lowest BCUT2D eigenvalue weighted by molar-refractivity contribution is -0.135. The molecular formula is C36H42N8O8. The monoisotopic (exact) mass is 714 g/mol. The predicted octanol–water partition coefficient (Wildman–Crippen LogP) is 2.89. The number of nitrogens with one attached hydrogen (secondary N) is 4. The van der Waals surface area contributed by atoms with Crippen LogP contribution in [0.5, 0.6) is 0 Å². The second-order valence-corrected chi connectivity index (χ2v) is 13.0. The number of nitrogens with zero attached hydrogens (tertiary/aromatic N) is 4. The topological polar surface area (TPSA) is 215 Å². The zero-order valence-electron chi connectivity index (χ0n) is 29.2. The summed E-state index contributed by atoms with van der Waals surface area (Å²) < 4.78 is 9.21. The van der Waals surface area contributed by atoms with Crippen LogP contribution in [0, 0.1) is 0 Å². The summed E-state index contributed by atoms with van der Waals surface area (Å²) in [5, 5.41) is 25.7. The van der Waals surface area contributed by atoms with Gasteiger partial charge in [0.1, 0.15) is 23.7 Å². The molecule has 0 aliphatic carbocycles. The fraction of sp³-hybridized carbons (Fsp3) is 0.389. The zero-order chi connectivity index (χ0) is 37.1. The molecule has 52 heavy (non-hydrogen) atoms. The zero-order valence-corrected chi connectivity index (χ0v) is 29.2. The molecule has 16 nitrogen and oxygen atoms in total. The number of amides is 4. The van der Waals surface area contributed by atoms with E-state index in [1.807, 2.05) is 48.5 Å². The largest absolute Gasteiger partial charge is 0.453 e. The summed E-state index contributed by atoms with van der Waals surface area (Å²) in [5.74, 6) is 0.392. The minimum atomic E-state index is -0.837. The van der Waals surface area contributed by atoms with Gasteiger partial charge in [-0.1, -0.05) is 48.5 Å². The maximum atomic E-state index is 13.1. The van der Waals surface area contributed by atoms with Gasteiger partial charge in [0.05, 0.1) is 62.3 Å². The van der Waals surface area contributed by atoms with Gasteiger partial charge in [0, 0.05) is 25.9 Å². The normalized spacial score (nSPS) is 21.0. The van der Waals surface area contributed by atoms with E-state index in [0.717, 1.165) is 33.6 Å². The van der Waals surface area contributed by atoms with Crippen LogP contribution in [0.15, 0.2) is 60.9 Å². The fourth-order valence-electron chi connectivity index (χ4n) is 6.72. The van der Waals surface area contributed by atoms with Crippen LogP contribution >= 0.6 is 0 Å². The van der Waals surface area contributed by atoms with Gasteiger partial charge < -0.3 is 50.1 Å². The number of aliphatic hydroxyl groups is 2. The van der Waals surface area contributed by atoms with Crippen LogP contribution in [-0.2, 0) is 19.1 Å². The van der Waals surface area contributed by atoms with Crippen molar-refractivity contribution in [2.75, 3.05) is 27.3 Å². The number of alkyl carbamates (subject to hydrolysis) is 2. The first-order valence-electron chi connectivity index (χ1n) is 16.9. The number of likely N-dealkylation sites (tertiary alicyclic amines) is 2. The van der Waals surface area contributed by atoms with Gasteiger partial charge in [-0.3, -0.25) is 9.59 Å². The van der Waals surface area contributed by atoms with Crippen LogP contribution in [-0.4, -0.2) is 116 Å². The van der Waals surface area contributed by atoms with Gasteiger partial charge >= 0.3 is 12.2 Å². The molecule has 16 heteroatoms. The summed E-state index contributed by atoms with van der Waals surface area (Å²) >= 11 is 0. The Morgan fingerprint density at radius 2 is 1.02 bits per heavy atom. The number of β-amino-alcohol motifs (C(OH)–C–C–N with tert-alkyl or cyclic N) is 2. The van der Waals surface area contributed by atoms with Crippen molar-refractivity contribution in [3.8, 4) is 33.6 Å². The summed E-state index contributed by atoms with van der Waals surface area (Å²) in [6.07, 6.45) is 1.16. The number of ether oxygens (including phenoxy) is 2. The molecule has 6 rings (SSSR count). The highest BCUT2D eigenvalue weighted by molar-refractivity contribution is 5.86. The Labute approximate surface area is 299 Å². The maximum absolute atomic E-state index is 13.1. The number of hydrogen-bond acceptors (Lipinski definition) is 10. The predicted molar refractivity (Wildman–Crippen MR) is 187 cm³/mol. The highest BCUT2D eigenvalue weighted by Gasteiger charge is 2.40. The van der Waals surface area contributed by atoms with Crippen molar-refractivity contribution in [3.05, 3.63) is 72.6 Å². The summed E-state index contributed by atoms with van der Waals surface area (Å²) in [4.78, 5) is 68.2. The van der Waals surface area contributed by atoms with Gasteiger partial charge in [0.15, 0.2) is 0 Å². The fourth-order valence-corrected chi connectivity index (χ4v) is 6.72. The molecule has 2 saturated heterocycles. The van der Waals surface area contributed by atoms with E-state index >= 15 is 0 Å². The van der Waals surface area contributed by atoms with E-state index in [2.05, 4.69) is 40.0 Å². The number of hydrogen-bond donors (Lipinski definition) is 6. The molecule has 2 aromatic heterocycles. The van der Waals surface area contributed by atoms with Crippen LogP contribution in [0.2, 0.25) is 0 Å². The third-order valence-electron chi connectivity index (χ3n) is 9.45. The third kappa shape index (κ3) is 7.62. The number of carbonyl (C=O) groups is 4. The molecule has 0 radical (unpaired) electrons. The van der Waals surface area contributed by atoms with Crippen molar-refractivity contribution in [2.45, 2.75) is 63.1 Å². The van der Waals surface area contributed by atoms with Crippen LogP contribution in [0.1, 0.15) is 50.4 Å². The van der Waals surface area contributed by atoms with Crippen LogP contribution in [0.25, 0.3) is 33.6 Å². The molecule has 6 N–H and O–H groups in total. The maximum Gasteiger partial charge on any atom is 0.407 e. The van der Waals surface area contributed by atoms with Crippen molar-refractivity contribution in [1.29, 1.82) is 0 Å². The highest BCUT2D eigenvalue weighted by atomic mass is 16.5. The first-order chi connectivity index (χ1) is 24.9. The molecule has 2 fully saturated rings. The number of carbonyl (C=O) groups excluding carboxylic acids is 4. The molecule has 4 amide bonds. The highest BCUT2D eigenvalue weighted by Crippen LogP contribution is 2.35. The molecular weight excluding hydrogens is 672 g/mol. The van der Waals surface area contributed by atoms with Crippen molar-refractivity contribution < 1.29 is 38.9 Å². The third-order valence-corrected chi connectivity index (χ3v) is 9.45. The molecule has 2 aliphatic rings. The van der Waals surface area contributed by atoms with E-state index < -0.39 is 48.6 Å². The average molecular weight is 715 g/mol. The van der Waals surface area contributed by atoms with Gasteiger partial charge in [-0.05, 0) is 36.1 Å². The Hall–Kier alpha value is -5.74. The number of aromatic nitrogens is 4. The first kappa shape index (κ1) is 36.1. The van der Waals surface area contributed by atoms with Gasteiger partial charge in [-0.2, -0.15) is 0 Å². The molecule has 0 bridgehead atoms. The molecule has 4 aromatic rings. The number of methoxy groups -OCH3 is 2. The number of benzene rings is 2. The number of rotatable bonds is 9. The molecule has 274 valence electrons. The molecule has 0 saturated carbocycles. The quantitative estimate of drug-likeness (QED) is 0.149. The number of aliphatic hydroxyl groups excluding tert-OH is 2. The Kier molecular flexibility index (Phi) is 10.6. The Morgan fingerprint density at radius 3 is 1.37 bits per heavy atom. The lowest BCUT2D eigenvalue weighted by Gasteiger charge is -2.26. The van der Waals surface area contributed by atoms with Crippen molar-refractivity contribution in [3.63, 3.8) is 0 Å². The molecule has 2 aliphatic heterocycles. The SMILES string of the molecule is COC(=O)N[C@@H](C)C(=O)N1C[C@@H](O)CC1c1ncc(-c2ccc(-c3ccc(-c4cnc([C@@H]5C[C@H](O)CN5C(=O)[C@H](C)NC(=O)OC)[nH]4)cc3)cc2)[nH]1. The van der Waals surface area contributed by atoms with E-state index in [4.69, 9.17) is 0 Å². The lowest BCUT2D eigenvalue weighted by atomic mass is 10.0. The molecule has 2 aromatic carbocycles. The summed E-state index contributed by atoms with van der Waals surface area (Å²) in [6, 6.07) is 13.3. The van der Waals surface area contributed by atoms with Gasteiger partial charge in [0.2, 0.25) is 11.8 Å². The van der Waals surface area contributed by atoms with Crippen molar-refractivity contribution in [2.24, 2.45) is 0 Å². The standard InChI is InChI=1S/C36H42N8O8/c1-19(39-35(49)51-3)33(47)43-17-25(45)13-29(43)31-37-15-27(41-31)23-9-5-21(6-10-23)22-7-11-24(12-8-22)28-16-38-32(42-28)30-14-26(46)18-44(30)34(48)20(2)40-36(50)52-4/h5-12,15-16,19-20,25-26,29-30,45-46H,13-14,17-18H2,1-4H3,(H,37,41)(H,38,42)(H,39,49)(H,40,50)/t19-,20-,25-,26-,29-,30?/m0/s1. The van der Waals surface area contributed by atoms with Crippen molar-refractivity contribution >= 4 is 24.0 Å². The van der Waals surface area contributed by atoms with Gasteiger partial charge in [-0.25, -0.2) is 19.6 Å². The summed E-state index contributed by atoms with van der Waals surface area (Å²) in [7, 11) is 2.45. The average Bonchev–Trinajstić information content (AvgIpc) is 3.97. The van der Waals surface area contributed by atoms with Crippen LogP contribution in [0.3, 0.4) is 0 Å². The lowest BCUT2D eigenvalue weighted by Crippen LogP contribution is -2.47. The molecule has 0 spiro atoms. The van der Waals surface area contributed by atoms with E-state index in [0.29, 0.717) is 24.5 Å². The number of imidazole rings is 2. The Balaban J connectivity index is 1.11. The smallest absolute Gasteiger partial charge is 0.407 e. The minimum absolute atomic E-state index is 0.128. The first-order valence-corrected chi connectivity index (χ1v) is 16.9. The minimum Gasteiger partial charge on any atom is -0.453 e. The molecule has 4 heterocycles.